The molecular weight excluding hydrogens is 258 g/mol. The van der Waals surface area contributed by atoms with E-state index in [9.17, 15) is 13.2 Å². The van der Waals surface area contributed by atoms with Crippen molar-refractivity contribution in [3.05, 3.63) is 12.3 Å². The van der Waals surface area contributed by atoms with E-state index < -0.39 is 16.0 Å². The predicted octanol–water partition coefficient (Wildman–Crippen LogP) is -0.00780. The number of aryl methyl sites for hydroxylation is 1. The van der Waals surface area contributed by atoms with Crippen molar-refractivity contribution in [2.24, 2.45) is 7.05 Å². The van der Waals surface area contributed by atoms with Crippen LogP contribution in [0.4, 0.5) is 0 Å². The first-order valence-corrected chi connectivity index (χ1v) is 6.81. The lowest BCUT2D eigenvalue weighted by Crippen LogP contribution is -2.41. The number of aromatic nitrogens is 2. The summed E-state index contributed by atoms with van der Waals surface area (Å²) >= 11 is 0. The summed E-state index contributed by atoms with van der Waals surface area (Å²) in [5, 5.41) is 3.86. The third kappa shape index (κ3) is 2.88. The zero-order chi connectivity index (χ0) is 13.9. The van der Waals surface area contributed by atoms with Crippen LogP contribution in [0.15, 0.2) is 17.3 Å². The number of hydrogen-bond donors (Lipinski definition) is 0. The molecule has 0 N–H and O–H groups in total. The van der Waals surface area contributed by atoms with Gasteiger partial charge in [0.25, 0.3) is 10.0 Å². The first-order chi connectivity index (χ1) is 8.30. The number of sulfonamides is 1. The molecule has 102 valence electrons. The summed E-state index contributed by atoms with van der Waals surface area (Å²) in [6, 6.07) is 1.03. The van der Waals surface area contributed by atoms with Crippen molar-refractivity contribution >= 4 is 16.0 Å². The Morgan fingerprint density at radius 1 is 1.56 bits per heavy atom. The zero-order valence-electron chi connectivity index (χ0n) is 10.8. The van der Waals surface area contributed by atoms with Gasteiger partial charge in [-0.2, -0.15) is 9.40 Å². The monoisotopic (exact) mass is 275 g/mol. The van der Waals surface area contributed by atoms with E-state index in [0.717, 1.165) is 4.31 Å². The van der Waals surface area contributed by atoms with Crippen LogP contribution in [0.5, 0.6) is 0 Å². The fraction of sp³-hybridized carbons (Fsp3) is 0.600. The number of carbonyl (C=O) groups excluding carboxylic acids is 1. The van der Waals surface area contributed by atoms with E-state index in [4.69, 9.17) is 0 Å². The molecule has 0 saturated heterocycles. The van der Waals surface area contributed by atoms with Crippen molar-refractivity contribution < 1.29 is 17.9 Å². The van der Waals surface area contributed by atoms with E-state index in [1.807, 2.05) is 0 Å². The number of rotatable bonds is 5. The summed E-state index contributed by atoms with van der Waals surface area (Å²) in [7, 11) is -1.01. The van der Waals surface area contributed by atoms with Crippen LogP contribution in [-0.2, 0) is 26.6 Å². The van der Waals surface area contributed by atoms with Gasteiger partial charge >= 0.3 is 5.97 Å². The fourth-order valence-corrected chi connectivity index (χ4v) is 3.16. The molecular formula is C10H17N3O4S. The Bertz CT molecular complexity index is 521. The summed E-state index contributed by atoms with van der Waals surface area (Å²) in [4.78, 5) is 11.3. The van der Waals surface area contributed by atoms with Gasteiger partial charge in [0.2, 0.25) is 0 Å². The molecule has 18 heavy (non-hydrogen) atoms. The van der Waals surface area contributed by atoms with Gasteiger partial charge in [0.1, 0.15) is 6.54 Å². The van der Waals surface area contributed by atoms with Crippen LogP contribution >= 0.6 is 0 Å². The lowest BCUT2D eigenvalue weighted by molar-refractivity contribution is -0.141. The molecule has 0 aliphatic carbocycles. The molecule has 1 aromatic heterocycles. The number of carbonyl (C=O) groups is 1. The molecule has 0 aromatic carbocycles. The fourth-order valence-electron chi connectivity index (χ4n) is 1.47. The number of ether oxygens (including phenoxy) is 1. The molecule has 8 heteroatoms. The maximum absolute atomic E-state index is 12.4. The van der Waals surface area contributed by atoms with Gasteiger partial charge in [-0.3, -0.25) is 9.48 Å². The Morgan fingerprint density at radius 2 is 2.17 bits per heavy atom. The summed E-state index contributed by atoms with van der Waals surface area (Å²) in [6.45, 7) is 3.06. The van der Waals surface area contributed by atoms with E-state index >= 15 is 0 Å². The van der Waals surface area contributed by atoms with Crippen LogP contribution in [0.2, 0.25) is 0 Å². The van der Waals surface area contributed by atoms with E-state index in [2.05, 4.69) is 9.84 Å². The summed E-state index contributed by atoms with van der Waals surface area (Å²) in [5.74, 6) is -0.602. The Morgan fingerprint density at radius 3 is 2.56 bits per heavy atom. The maximum Gasteiger partial charge on any atom is 0.321 e. The van der Waals surface area contributed by atoms with Gasteiger partial charge in [-0.15, -0.1) is 0 Å². The van der Waals surface area contributed by atoms with E-state index in [0.29, 0.717) is 0 Å². The Labute approximate surface area is 106 Å². The second-order valence-electron chi connectivity index (χ2n) is 4.01. The minimum absolute atomic E-state index is 0.0418. The quantitative estimate of drug-likeness (QED) is 0.706. The molecule has 0 atom stereocenters. The molecule has 0 fully saturated rings. The van der Waals surface area contributed by atoms with Crippen LogP contribution in [0.3, 0.4) is 0 Å². The van der Waals surface area contributed by atoms with Gasteiger partial charge in [-0.25, -0.2) is 8.42 Å². The van der Waals surface area contributed by atoms with Crippen molar-refractivity contribution in [1.29, 1.82) is 0 Å². The zero-order valence-corrected chi connectivity index (χ0v) is 11.6. The first-order valence-electron chi connectivity index (χ1n) is 5.37. The highest BCUT2D eigenvalue weighted by molar-refractivity contribution is 7.89. The topological polar surface area (TPSA) is 81.5 Å². The minimum Gasteiger partial charge on any atom is -0.468 e. The van der Waals surface area contributed by atoms with Crippen LogP contribution in [0.1, 0.15) is 13.8 Å². The van der Waals surface area contributed by atoms with Gasteiger partial charge in [0, 0.05) is 13.1 Å². The molecule has 7 nitrogen and oxygen atoms in total. The Balaban J connectivity index is 3.13. The second-order valence-corrected chi connectivity index (χ2v) is 5.85. The lowest BCUT2D eigenvalue weighted by Gasteiger charge is -2.24. The normalized spacial score (nSPS) is 12.1. The van der Waals surface area contributed by atoms with Gasteiger partial charge in [-0.1, -0.05) is 0 Å². The molecule has 0 bridgehead atoms. The van der Waals surface area contributed by atoms with Crippen molar-refractivity contribution in [3.63, 3.8) is 0 Å². The second kappa shape index (κ2) is 5.49. The van der Waals surface area contributed by atoms with Gasteiger partial charge in [0.05, 0.1) is 13.3 Å². The largest absolute Gasteiger partial charge is 0.468 e. The molecule has 0 saturated carbocycles. The van der Waals surface area contributed by atoms with Crippen LogP contribution in [0.25, 0.3) is 0 Å². The molecule has 0 spiro atoms. The molecule has 0 amide bonds. The molecule has 1 aromatic rings. The van der Waals surface area contributed by atoms with Crippen molar-refractivity contribution in [2.45, 2.75) is 24.9 Å². The molecule has 1 heterocycles. The SMILES string of the molecule is COC(=O)CN(C(C)C)S(=O)(=O)c1ccnn1C. The summed E-state index contributed by atoms with van der Waals surface area (Å²) in [5.41, 5.74) is 0. The highest BCUT2D eigenvalue weighted by Crippen LogP contribution is 2.17. The van der Waals surface area contributed by atoms with Crippen molar-refractivity contribution in [2.75, 3.05) is 13.7 Å². The molecule has 0 radical (unpaired) electrons. The minimum atomic E-state index is -3.76. The van der Waals surface area contributed by atoms with E-state index in [-0.39, 0.29) is 17.6 Å². The van der Waals surface area contributed by atoms with Crippen LogP contribution < -0.4 is 0 Å². The lowest BCUT2D eigenvalue weighted by atomic mass is 10.4. The number of nitrogens with zero attached hydrogens (tertiary/aromatic N) is 3. The van der Waals surface area contributed by atoms with Gasteiger partial charge in [-0.05, 0) is 19.9 Å². The average molecular weight is 275 g/mol. The summed E-state index contributed by atoms with van der Waals surface area (Å²) < 4.78 is 31.6. The van der Waals surface area contributed by atoms with E-state index in [1.54, 1.807) is 13.8 Å². The van der Waals surface area contributed by atoms with Gasteiger partial charge in [0.15, 0.2) is 5.03 Å². The third-order valence-corrected chi connectivity index (χ3v) is 4.53. The van der Waals surface area contributed by atoms with Crippen LogP contribution in [0, 0.1) is 0 Å². The molecule has 1 rings (SSSR count). The smallest absolute Gasteiger partial charge is 0.321 e. The maximum atomic E-state index is 12.4. The standard InChI is InChI=1S/C10H17N3O4S/c1-8(2)13(7-10(14)17-4)18(15,16)9-5-6-11-12(9)3/h5-6,8H,7H2,1-4H3. The number of hydrogen-bond acceptors (Lipinski definition) is 5. The first kappa shape index (κ1) is 14.7. The Hall–Kier alpha value is -1.41. The van der Waals surface area contributed by atoms with Crippen LogP contribution in [-0.4, -0.2) is 48.2 Å². The number of methoxy groups -OCH3 is 1. The van der Waals surface area contributed by atoms with E-state index in [1.165, 1.54) is 31.1 Å². The highest BCUT2D eigenvalue weighted by atomic mass is 32.2. The molecule has 0 aliphatic heterocycles. The average Bonchev–Trinajstić information content (AvgIpc) is 2.71. The molecule has 0 aliphatic rings. The predicted molar refractivity (Wildman–Crippen MR) is 64.3 cm³/mol. The number of esters is 1. The summed E-state index contributed by atoms with van der Waals surface area (Å²) in [6.07, 6.45) is 1.39. The third-order valence-electron chi connectivity index (χ3n) is 2.44. The highest BCUT2D eigenvalue weighted by Gasteiger charge is 2.31. The van der Waals surface area contributed by atoms with Crippen molar-refractivity contribution in [1.82, 2.24) is 14.1 Å². The molecule has 0 unspecified atom stereocenters. The van der Waals surface area contributed by atoms with Crippen molar-refractivity contribution in [3.8, 4) is 0 Å². The Kier molecular flexibility index (Phi) is 4.47. The van der Waals surface area contributed by atoms with Gasteiger partial charge < -0.3 is 4.74 Å².